The van der Waals surface area contributed by atoms with Gasteiger partial charge in [-0.05, 0) is 0 Å². The van der Waals surface area contributed by atoms with Crippen LogP contribution in [0.15, 0.2) is 121 Å². The molecular formula is C25H20IO3P. The van der Waals surface area contributed by atoms with Gasteiger partial charge in [-0.2, -0.15) is 0 Å². The van der Waals surface area contributed by atoms with Crippen molar-refractivity contribution in [2.45, 2.75) is 0 Å². The van der Waals surface area contributed by atoms with Crippen LogP contribution >= 0.6 is 24.5 Å². The molecule has 0 radical (unpaired) electrons. The van der Waals surface area contributed by atoms with Gasteiger partial charge in [0.05, 0.1) is 0 Å². The summed E-state index contributed by atoms with van der Waals surface area (Å²) in [5.41, 5.74) is 0.461. The quantitative estimate of drug-likeness (QED) is 0.227. The maximum absolute atomic E-state index is 14.9. The van der Waals surface area contributed by atoms with Gasteiger partial charge >= 0.3 is 184 Å². The molecule has 0 unspecified atom stereocenters. The number of carbonyl (C=O) groups is 1. The maximum atomic E-state index is 14.9. The van der Waals surface area contributed by atoms with Crippen LogP contribution in [0, 0.1) is 3.57 Å². The van der Waals surface area contributed by atoms with Gasteiger partial charge in [0.25, 0.3) is 0 Å². The molecule has 0 aliphatic heterocycles. The molecule has 0 N–H and O–H groups in total. The average Bonchev–Trinajstić information content (AvgIpc) is 2.84. The molecule has 0 aromatic heterocycles. The SMILES string of the molecule is O=C(OI(c1ccccc1)P(=O)(c1ccccc1)c1ccccc1)c1ccccc1. The predicted molar refractivity (Wildman–Crippen MR) is 131 cm³/mol. The second-order valence-corrected chi connectivity index (χ2v) is 17.7. The molecule has 0 amide bonds. The Bertz CT molecular complexity index is 1110. The Morgan fingerprint density at radius 3 is 1.47 bits per heavy atom. The van der Waals surface area contributed by atoms with Crippen molar-refractivity contribution in [1.29, 1.82) is 0 Å². The fraction of sp³-hybridized carbons (Fsp3) is 0. The molecule has 0 bridgehead atoms. The second kappa shape index (κ2) is 9.41. The number of carbonyl (C=O) groups excluding carboxylic acids is 1. The standard InChI is InChI=1S/C25H20IO3P/c27-25(21-13-5-1-6-14-21)29-26(22-15-7-2-8-16-22)30(28,23-17-9-3-10-18-23)24-19-11-4-12-20-24/h1-20H. The summed E-state index contributed by atoms with van der Waals surface area (Å²) in [7, 11) is 0. The van der Waals surface area contributed by atoms with Gasteiger partial charge in [0.1, 0.15) is 0 Å². The molecule has 4 aromatic rings. The third-order valence-electron chi connectivity index (χ3n) is 4.47. The average molecular weight is 526 g/mol. The summed E-state index contributed by atoms with van der Waals surface area (Å²) >= 11 is -3.03. The molecule has 5 heteroatoms. The molecule has 150 valence electrons. The van der Waals surface area contributed by atoms with Crippen molar-refractivity contribution in [2.24, 2.45) is 0 Å². The van der Waals surface area contributed by atoms with E-state index in [-0.39, 0.29) is 0 Å². The number of hydrogen-bond donors (Lipinski definition) is 0. The summed E-state index contributed by atoms with van der Waals surface area (Å²) in [6.07, 6.45) is 0. The van der Waals surface area contributed by atoms with Crippen LogP contribution in [0.5, 0.6) is 0 Å². The van der Waals surface area contributed by atoms with E-state index in [0.717, 1.165) is 3.57 Å². The molecule has 0 heterocycles. The van der Waals surface area contributed by atoms with Crippen LogP contribution in [-0.4, -0.2) is 5.97 Å². The van der Waals surface area contributed by atoms with Crippen LogP contribution in [0.2, 0.25) is 0 Å². The Hall–Kier alpha value is -2.69. The molecule has 4 aromatic carbocycles. The summed E-state index contributed by atoms with van der Waals surface area (Å²) in [6, 6.07) is 37.2. The normalized spacial score (nSPS) is 11.5. The van der Waals surface area contributed by atoms with Crippen molar-refractivity contribution in [3.05, 3.63) is 130 Å². The molecule has 0 saturated heterocycles. The van der Waals surface area contributed by atoms with Crippen LogP contribution in [0.25, 0.3) is 0 Å². The van der Waals surface area contributed by atoms with Crippen LogP contribution in [0.1, 0.15) is 10.4 Å². The molecule has 3 nitrogen and oxygen atoms in total. The van der Waals surface area contributed by atoms with E-state index in [4.69, 9.17) is 3.07 Å². The third-order valence-corrected chi connectivity index (χ3v) is 18.2. The van der Waals surface area contributed by atoms with Crippen molar-refractivity contribution in [3.63, 3.8) is 0 Å². The van der Waals surface area contributed by atoms with Gasteiger partial charge in [-0.1, -0.05) is 0 Å². The number of rotatable bonds is 6. The Labute approximate surface area is 183 Å². The van der Waals surface area contributed by atoms with Crippen LogP contribution in [-0.2, 0) is 7.63 Å². The van der Waals surface area contributed by atoms with Crippen molar-refractivity contribution in [1.82, 2.24) is 0 Å². The minimum atomic E-state index is -3.22. The Kier molecular flexibility index (Phi) is 6.46. The zero-order valence-corrected chi connectivity index (χ0v) is 19.1. The molecule has 0 fully saturated rings. The molecule has 0 atom stereocenters. The zero-order valence-electron chi connectivity index (χ0n) is 16.1. The first-order chi connectivity index (χ1) is 14.7. The van der Waals surface area contributed by atoms with E-state index >= 15 is 0 Å². The Morgan fingerprint density at radius 1 is 0.600 bits per heavy atom. The molecule has 4 rings (SSSR count). The van der Waals surface area contributed by atoms with Crippen molar-refractivity contribution in [2.75, 3.05) is 0 Å². The molecule has 0 aliphatic carbocycles. The van der Waals surface area contributed by atoms with Gasteiger partial charge < -0.3 is 0 Å². The number of halogens is 1. The summed E-state index contributed by atoms with van der Waals surface area (Å²) in [4.78, 5) is 9.82. The fourth-order valence-corrected chi connectivity index (χ4v) is 16.4. The van der Waals surface area contributed by atoms with Gasteiger partial charge in [-0.25, -0.2) is 0 Å². The zero-order chi connectivity index (χ0) is 20.8. The van der Waals surface area contributed by atoms with Crippen LogP contribution in [0.4, 0.5) is 0 Å². The number of benzene rings is 4. The second-order valence-electron chi connectivity index (χ2n) is 6.46. The summed E-state index contributed by atoms with van der Waals surface area (Å²) in [5, 5.41) is 1.43. The Balaban J connectivity index is 1.88. The van der Waals surface area contributed by atoms with Crippen molar-refractivity contribution >= 4 is 41.0 Å². The predicted octanol–water partition coefficient (Wildman–Crippen LogP) is 6.06. The van der Waals surface area contributed by atoms with E-state index in [9.17, 15) is 9.36 Å². The fourth-order valence-electron chi connectivity index (χ4n) is 3.00. The summed E-state index contributed by atoms with van der Waals surface area (Å²) in [6.45, 7) is 0. The Morgan fingerprint density at radius 2 is 1.00 bits per heavy atom. The molecular weight excluding hydrogens is 506 g/mol. The van der Waals surface area contributed by atoms with E-state index in [2.05, 4.69) is 0 Å². The molecule has 0 spiro atoms. The van der Waals surface area contributed by atoms with Gasteiger partial charge in [-0.15, -0.1) is 0 Å². The molecule has 0 aliphatic rings. The number of hydrogen-bond acceptors (Lipinski definition) is 3. The first-order valence-electron chi connectivity index (χ1n) is 9.44. The van der Waals surface area contributed by atoms with Crippen molar-refractivity contribution < 1.29 is 12.4 Å². The first-order valence-corrected chi connectivity index (χ1v) is 15.9. The summed E-state index contributed by atoms with van der Waals surface area (Å²) in [5.74, 6) is -0.434. The van der Waals surface area contributed by atoms with E-state index in [1.165, 1.54) is 0 Å². The topological polar surface area (TPSA) is 43.4 Å². The van der Waals surface area contributed by atoms with Gasteiger partial charge in [0, 0.05) is 0 Å². The van der Waals surface area contributed by atoms with Gasteiger partial charge in [-0.3, -0.25) is 0 Å². The first kappa shape index (κ1) is 20.6. The molecule has 30 heavy (non-hydrogen) atoms. The molecule has 0 saturated carbocycles. The van der Waals surface area contributed by atoms with E-state index in [1.807, 2.05) is 97.1 Å². The third kappa shape index (κ3) is 4.25. The van der Waals surface area contributed by atoms with E-state index < -0.39 is 30.4 Å². The van der Waals surface area contributed by atoms with Gasteiger partial charge in [0.2, 0.25) is 0 Å². The van der Waals surface area contributed by atoms with E-state index in [0.29, 0.717) is 16.2 Å². The minimum absolute atomic E-state index is 0.434. The van der Waals surface area contributed by atoms with Gasteiger partial charge in [0.15, 0.2) is 0 Å². The van der Waals surface area contributed by atoms with Crippen LogP contribution in [0.3, 0.4) is 0 Å². The monoisotopic (exact) mass is 526 g/mol. The van der Waals surface area contributed by atoms with E-state index in [1.54, 1.807) is 24.3 Å². The summed E-state index contributed by atoms with van der Waals surface area (Å²) < 4.78 is 21.9. The van der Waals surface area contributed by atoms with Crippen LogP contribution < -0.4 is 10.6 Å². The van der Waals surface area contributed by atoms with Crippen molar-refractivity contribution in [3.8, 4) is 0 Å².